The van der Waals surface area contributed by atoms with E-state index in [0.717, 1.165) is 5.69 Å². The maximum Gasteiger partial charge on any atom is 0.182 e. The number of aromatic amines is 1. The van der Waals surface area contributed by atoms with Crippen molar-refractivity contribution in [2.75, 3.05) is 12.4 Å². The minimum atomic E-state index is -0.441. The van der Waals surface area contributed by atoms with E-state index in [2.05, 4.69) is 25.3 Å². The number of hydrogen-bond donors (Lipinski definition) is 2. The molecule has 0 fully saturated rings. The first kappa shape index (κ1) is 18.0. The molecule has 0 bridgehead atoms. The Labute approximate surface area is 170 Å². The van der Waals surface area contributed by atoms with Crippen LogP contribution in [-0.2, 0) is 0 Å². The Morgan fingerprint density at radius 3 is 2.73 bits per heavy atom. The number of hydrogen-bond acceptors (Lipinski definition) is 6. The average molecular weight is 403 g/mol. The summed E-state index contributed by atoms with van der Waals surface area (Å²) in [7, 11) is 1.46. The van der Waals surface area contributed by atoms with Gasteiger partial charge in [0.15, 0.2) is 23.0 Å². The van der Waals surface area contributed by atoms with Crippen molar-refractivity contribution in [1.82, 2.24) is 29.5 Å². The fourth-order valence-electron chi connectivity index (χ4n) is 3.60. The maximum atomic E-state index is 14.5. The zero-order chi connectivity index (χ0) is 20.7. The summed E-state index contributed by atoms with van der Waals surface area (Å²) in [6.45, 7) is 1.97. The molecule has 0 aliphatic carbocycles. The summed E-state index contributed by atoms with van der Waals surface area (Å²) in [5.74, 6) is 1.01. The van der Waals surface area contributed by atoms with Crippen molar-refractivity contribution in [3.8, 4) is 11.4 Å². The number of fused-ring (bicyclic) bond motifs is 2. The average Bonchev–Trinajstić information content (AvgIpc) is 3.40. The molecule has 0 spiro atoms. The van der Waals surface area contributed by atoms with Gasteiger partial charge in [0.2, 0.25) is 0 Å². The molecule has 1 atom stereocenters. The van der Waals surface area contributed by atoms with Crippen LogP contribution in [-0.4, -0.2) is 36.6 Å². The lowest BCUT2D eigenvalue weighted by atomic mass is 10.2. The summed E-state index contributed by atoms with van der Waals surface area (Å²) in [5.41, 5.74) is 3.33. The van der Waals surface area contributed by atoms with Crippen molar-refractivity contribution < 1.29 is 9.13 Å². The third-order valence-corrected chi connectivity index (χ3v) is 4.93. The number of para-hydroxylation sites is 1. The van der Waals surface area contributed by atoms with E-state index in [4.69, 9.17) is 9.72 Å². The van der Waals surface area contributed by atoms with E-state index in [1.54, 1.807) is 12.4 Å². The number of anilines is 1. The third kappa shape index (κ3) is 2.83. The standard InChI is InChI=1S/C21H18FN7O/c1-12(27-20-16-19(24-10-23-16)25-11-26-20)21-28-15-9-8-14(22)18(30-2)17(15)29(21)13-6-4-3-5-7-13/h3-12H,1-2H3,(H2,23,24,25,26,27). The lowest BCUT2D eigenvalue weighted by Gasteiger charge is -2.17. The van der Waals surface area contributed by atoms with Crippen molar-refractivity contribution in [1.29, 1.82) is 0 Å². The molecule has 0 saturated carbocycles. The zero-order valence-corrected chi connectivity index (χ0v) is 16.3. The maximum absolute atomic E-state index is 14.5. The summed E-state index contributed by atoms with van der Waals surface area (Å²) < 4.78 is 21.8. The van der Waals surface area contributed by atoms with Gasteiger partial charge >= 0.3 is 0 Å². The number of methoxy groups -OCH3 is 1. The van der Waals surface area contributed by atoms with Gasteiger partial charge in [-0.3, -0.25) is 4.57 Å². The Bertz CT molecular complexity index is 1350. The van der Waals surface area contributed by atoms with Crippen LogP contribution in [0.3, 0.4) is 0 Å². The number of H-pyrrole nitrogens is 1. The van der Waals surface area contributed by atoms with E-state index in [0.29, 0.717) is 33.8 Å². The third-order valence-electron chi connectivity index (χ3n) is 4.93. The van der Waals surface area contributed by atoms with Gasteiger partial charge in [-0.15, -0.1) is 0 Å². The van der Waals surface area contributed by atoms with E-state index in [1.807, 2.05) is 41.8 Å². The number of benzene rings is 2. The van der Waals surface area contributed by atoms with Crippen LogP contribution in [0, 0.1) is 5.82 Å². The van der Waals surface area contributed by atoms with Gasteiger partial charge in [0.05, 0.1) is 25.0 Å². The van der Waals surface area contributed by atoms with Crippen LogP contribution >= 0.6 is 0 Å². The van der Waals surface area contributed by atoms with Crippen molar-refractivity contribution in [3.05, 3.63) is 66.8 Å². The highest BCUT2D eigenvalue weighted by Crippen LogP contribution is 2.34. The van der Waals surface area contributed by atoms with Gasteiger partial charge < -0.3 is 15.0 Å². The van der Waals surface area contributed by atoms with Crippen LogP contribution in [0.1, 0.15) is 18.8 Å². The Balaban J connectivity index is 1.69. The summed E-state index contributed by atoms with van der Waals surface area (Å²) in [6.07, 6.45) is 3.03. The van der Waals surface area contributed by atoms with Crippen molar-refractivity contribution in [2.45, 2.75) is 13.0 Å². The molecular weight excluding hydrogens is 385 g/mol. The molecule has 9 heteroatoms. The van der Waals surface area contributed by atoms with Crippen LogP contribution in [0.2, 0.25) is 0 Å². The molecular formula is C21H18FN7O. The van der Waals surface area contributed by atoms with Crippen LogP contribution in [0.5, 0.6) is 5.75 Å². The molecule has 3 heterocycles. The topological polar surface area (TPSA) is 93.5 Å². The van der Waals surface area contributed by atoms with E-state index in [-0.39, 0.29) is 11.8 Å². The molecule has 30 heavy (non-hydrogen) atoms. The highest BCUT2D eigenvalue weighted by atomic mass is 19.1. The lowest BCUT2D eigenvalue weighted by Crippen LogP contribution is -2.14. The largest absolute Gasteiger partial charge is 0.491 e. The molecule has 2 aromatic carbocycles. The normalized spacial score (nSPS) is 12.4. The summed E-state index contributed by atoms with van der Waals surface area (Å²) in [4.78, 5) is 20.5. The summed E-state index contributed by atoms with van der Waals surface area (Å²) in [6, 6.07) is 12.4. The van der Waals surface area contributed by atoms with Gasteiger partial charge in [-0.2, -0.15) is 0 Å². The Hall–Kier alpha value is -4.01. The van der Waals surface area contributed by atoms with Crippen LogP contribution in [0.15, 0.2) is 55.1 Å². The van der Waals surface area contributed by atoms with Gasteiger partial charge in [0.25, 0.3) is 0 Å². The summed E-state index contributed by atoms with van der Waals surface area (Å²) >= 11 is 0. The molecule has 0 aliphatic heterocycles. The minimum Gasteiger partial charge on any atom is -0.491 e. The quantitative estimate of drug-likeness (QED) is 0.461. The molecule has 2 N–H and O–H groups in total. The van der Waals surface area contributed by atoms with Crippen LogP contribution in [0.4, 0.5) is 10.2 Å². The number of ether oxygens (including phenoxy) is 1. The SMILES string of the molecule is COc1c(F)ccc2nc(C(C)Nc3ncnc4nc[nH]c34)n(-c3ccccc3)c12. The number of halogens is 1. The van der Waals surface area contributed by atoms with Crippen LogP contribution in [0.25, 0.3) is 27.9 Å². The molecule has 5 rings (SSSR count). The lowest BCUT2D eigenvalue weighted by molar-refractivity contribution is 0.390. The molecule has 150 valence electrons. The first-order chi connectivity index (χ1) is 14.7. The number of aromatic nitrogens is 6. The van der Waals surface area contributed by atoms with Gasteiger partial charge in [-0.05, 0) is 31.2 Å². The molecule has 8 nitrogen and oxygen atoms in total. The number of nitrogens with one attached hydrogen (secondary N) is 2. The first-order valence-electron chi connectivity index (χ1n) is 9.38. The molecule has 0 aliphatic rings. The second-order valence-electron chi connectivity index (χ2n) is 6.78. The zero-order valence-electron chi connectivity index (χ0n) is 16.3. The monoisotopic (exact) mass is 403 g/mol. The number of imidazole rings is 2. The second kappa shape index (κ2) is 7.11. The molecule has 1 unspecified atom stereocenters. The van der Waals surface area contributed by atoms with Gasteiger partial charge in [0.1, 0.15) is 23.2 Å². The molecule has 0 amide bonds. The van der Waals surface area contributed by atoms with E-state index >= 15 is 0 Å². The second-order valence-corrected chi connectivity index (χ2v) is 6.78. The minimum absolute atomic E-state index is 0.153. The smallest absolute Gasteiger partial charge is 0.182 e. The fourth-order valence-corrected chi connectivity index (χ4v) is 3.60. The van der Waals surface area contributed by atoms with Gasteiger partial charge in [-0.25, -0.2) is 24.3 Å². The van der Waals surface area contributed by atoms with E-state index < -0.39 is 5.82 Å². The fraction of sp³-hybridized carbons (Fsp3) is 0.143. The number of rotatable bonds is 5. The van der Waals surface area contributed by atoms with Crippen molar-refractivity contribution in [2.24, 2.45) is 0 Å². The Kier molecular flexibility index (Phi) is 4.27. The molecule has 5 aromatic rings. The van der Waals surface area contributed by atoms with Crippen LogP contribution < -0.4 is 10.1 Å². The number of nitrogens with zero attached hydrogens (tertiary/aromatic N) is 5. The first-order valence-corrected chi connectivity index (χ1v) is 9.38. The molecule has 0 saturated heterocycles. The van der Waals surface area contributed by atoms with Crippen molar-refractivity contribution >= 4 is 28.0 Å². The highest BCUT2D eigenvalue weighted by molar-refractivity contribution is 5.85. The van der Waals surface area contributed by atoms with Gasteiger partial charge in [-0.1, -0.05) is 18.2 Å². The van der Waals surface area contributed by atoms with Crippen molar-refractivity contribution in [3.63, 3.8) is 0 Å². The predicted octanol–water partition coefficient (Wildman–Crippen LogP) is 4.01. The highest BCUT2D eigenvalue weighted by Gasteiger charge is 2.23. The van der Waals surface area contributed by atoms with E-state index in [1.165, 1.54) is 19.5 Å². The molecule has 0 radical (unpaired) electrons. The molecule has 3 aromatic heterocycles. The predicted molar refractivity (Wildman–Crippen MR) is 111 cm³/mol. The Morgan fingerprint density at radius 2 is 1.93 bits per heavy atom. The van der Waals surface area contributed by atoms with E-state index in [9.17, 15) is 4.39 Å². The Morgan fingerprint density at radius 1 is 1.10 bits per heavy atom. The van der Waals surface area contributed by atoms with Gasteiger partial charge in [0, 0.05) is 5.69 Å². The summed E-state index contributed by atoms with van der Waals surface area (Å²) in [5, 5.41) is 3.37.